The minimum atomic E-state index is 0.118. The number of hydrogen-bond donors (Lipinski definition) is 1. The van der Waals surface area contributed by atoms with E-state index < -0.39 is 0 Å². The first-order valence-electron chi connectivity index (χ1n) is 11.3. The second-order valence-corrected chi connectivity index (χ2v) is 7.11. The quantitative estimate of drug-likeness (QED) is 0.267. The molecule has 0 bridgehead atoms. The summed E-state index contributed by atoms with van der Waals surface area (Å²) < 4.78 is 0. The maximum atomic E-state index is 11.7. The van der Waals surface area contributed by atoms with Gasteiger partial charge in [-0.25, -0.2) is 0 Å². The molecule has 0 aliphatic heterocycles. The van der Waals surface area contributed by atoms with Crippen molar-refractivity contribution in [3.8, 4) is 0 Å². The van der Waals surface area contributed by atoms with Crippen LogP contribution < -0.4 is 5.32 Å². The lowest BCUT2D eigenvalue weighted by atomic mass is 10.2. The molecule has 0 atom stereocenters. The van der Waals surface area contributed by atoms with E-state index in [1.54, 1.807) is 0 Å². The molecule has 0 heterocycles. The minimum absolute atomic E-state index is 0.118. The Morgan fingerprint density at radius 1 is 0.767 bits per heavy atom. The highest BCUT2D eigenvalue weighted by Gasteiger charge is 1.99. The summed E-state index contributed by atoms with van der Waals surface area (Å²) >= 11 is 0. The third-order valence-corrected chi connectivity index (χ3v) is 4.33. The third-order valence-electron chi connectivity index (χ3n) is 4.33. The van der Waals surface area contributed by atoms with Crippen molar-refractivity contribution >= 4 is 5.91 Å². The van der Waals surface area contributed by atoms with E-state index in [-0.39, 0.29) is 5.91 Å². The van der Waals surface area contributed by atoms with E-state index in [0.717, 1.165) is 58.0 Å². The topological polar surface area (TPSA) is 32.3 Å². The van der Waals surface area contributed by atoms with Crippen LogP contribution in [0.3, 0.4) is 0 Å². The Labute approximate surface area is 186 Å². The summed E-state index contributed by atoms with van der Waals surface area (Å²) in [5, 5.41) is 2.93. The van der Waals surface area contributed by atoms with Gasteiger partial charge in [-0.15, -0.1) is 0 Å². The molecule has 1 amide bonds. The Morgan fingerprint density at radius 3 is 1.63 bits per heavy atom. The molecule has 0 unspecified atom stereocenters. The lowest BCUT2D eigenvalue weighted by Gasteiger charge is -2.13. The molecule has 0 saturated heterocycles. The maximum absolute atomic E-state index is 11.7. The van der Waals surface area contributed by atoms with Gasteiger partial charge in [0.25, 0.3) is 0 Å². The van der Waals surface area contributed by atoms with Crippen LogP contribution in [0, 0.1) is 6.92 Å². The average Bonchev–Trinajstić information content (AvgIpc) is 2.75. The number of rotatable bonds is 18. The Balaban J connectivity index is 3.57. The summed E-state index contributed by atoms with van der Waals surface area (Å²) in [5.74, 6) is 0.118. The molecule has 0 rings (SSSR count). The minimum Gasteiger partial charge on any atom is -0.355 e. The zero-order valence-electron chi connectivity index (χ0n) is 19.3. The Kier molecular flexibility index (Phi) is 21.5. The number of nitrogens with one attached hydrogen (secondary N) is 1. The van der Waals surface area contributed by atoms with Gasteiger partial charge >= 0.3 is 0 Å². The molecule has 0 fully saturated rings. The fraction of sp³-hybridized carbons (Fsp3) is 0.481. The number of nitrogens with zero attached hydrogens (tertiary/aromatic N) is 1. The van der Waals surface area contributed by atoms with E-state index in [0.29, 0.717) is 13.0 Å². The van der Waals surface area contributed by atoms with Crippen molar-refractivity contribution < 1.29 is 4.79 Å². The molecule has 3 heteroatoms. The number of allylic oxidation sites excluding steroid dienone is 12. The largest absolute Gasteiger partial charge is 0.355 e. The predicted octanol–water partition coefficient (Wildman–Crippen LogP) is 6.35. The highest BCUT2D eigenvalue weighted by molar-refractivity contribution is 5.75. The lowest BCUT2D eigenvalue weighted by Crippen LogP contribution is -2.32. The molecule has 1 radical (unpaired) electrons. The third kappa shape index (κ3) is 22.2. The van der Waals surface area contributed by atoms with Crippen molar-refractivity contribution in [1.82, 2.24) is 10.2 Å². The average molecular weight is 412 g/mol. The van der Waals surface area contributed by atoms with Gasteiger partial charge in [0.1, 0.15) is 0 Å². The monoisotopic (exact) mass is 411 g/mol. The molecule has 0 aliphatic rings. The normalized spacial score (nSPS) is 12.9. The number of hydrogen-bond acceptors (Lipinski definition) is 2. The van der Waals surface area contributed by atoms with Crippen molar-refractivity contribution in [2.24, 2.45) is 0 Å². The summed E-state index contributed by atoms with van der Waals surface area (Å²) in [6, 6.07) is 0. The highest BCUT2D eigenvalue weighted by atomic mass is 16.1. The van der Waals surface area contributed by atoms with Gasteiger partial charge in [-0.3, -0.25) is 4.79 Å². The second kappa shape index (κ2) is 23.2. The van der Waals surface area contributed by atoms with Crippen LogP contribution >= 0.6 is 0 Å². The number of amides is 1. The van der Waals surface area contributed by atoms with Crippen LogP contribution in [0.2, 0.25) is 0 Å². The molecule has 0 aromatic rings. The van der Waals surface area contributed by atoms with E-state index in [1.807, 2.05) is 7.05 Å². The molecular weight excluding hydrogens is 368 g/mol. The summed E-state index contributed by atoms with van der Waals surface area (Å²) in [6.07, 6.45) is 33.6. The summed E-state index contributed by atoms with van der Waals surface area (Å²) in [4.78, 5) is 13.8. The van der Waals surface area contributed by atoms with Crippen LogP contribution in [0.15, 0.2) is 72.9 Å². The zero-order chi connectivity index (χ0) is 22.1. The summed E-state index contributed by atoms with van der Waals surface area (Å²) in [7, 11) is 2.00. The van der Waals surface area contributed by atoms with E-state index in [2.05, 4.69) is 97.0 Å². The van der Waals surface area contributed by atoms with Gasteiger partial charge < -0.3 is 10.2 Å². The van der Waals surface area contributed by atoms with Crippen LogP contribution in [0.1, 0.15) is 58.3 Å². The Bertz CT molecular complexity index is 567. The first-order chi connectivity index (χ1) is 14.7. The zero-order valence-corrected chi connectivity index (χ0v) is 19.3. The van der Waals surface area contributed by atoms with Crippen LogP contribution in [0.4, 0.5) is 0 Å². The maximum Gasteiger partial charge on any atom is 0.220 e. The van der Waals surface area contributed by atoms with E-state index in [4.69, 9.17) is 0 Å². The summed E-state index contributed by atoms with van der Waals surface area (Å²) in [6.45, 7) is 8.25. The highest BCUT2D eigenvalue weighted by Crippen LogP contribution is 1.97. The van der Waals surface area contributed by atoms with Crippen molar-refractivity contribution in [2.75, 3.05) is 26.7 Å². The molecule has 167 valence electrons. The number of likely N-dealkylation sites (N-methyl/N-ethyl adjacent to an activating group) is 1. The predicted molar refractivity (Wildman–Crippen MR) is 133 cm³/mol. The van der Waals surface area contributed by atoms with Crippen molar-refractivity contribution in [2.45, 2.75) is 58.3 Å². The fourth-order valence-electron chi connectivity index (χ4n) is 2.44. The van der Waals surface area contributed by atoms with Crippen LogP contribution in [0.25, 0.3) is 0 Å². The van der Waals surface area contributed by atoms with Crippen LogP contribution in [0.5, 0.6) is 0 Å². The van der Waals surface area contributed by atoms with Crippen LogP contribution in [-0.2, 0) is 4.79 Å². The number of carbonyl (C=O) groups excluding carboxylic acids is 1. The van der Waals surface area contributed by atoms with Crippen molar-refractivity contribution in [1.29, 1.82) is 0 Å². The first kappa shape index (κ1) is 27.9. The van der Waals surface area contributed by atoms with Gasteiger partial charge in [0.15, 0.2) is 0 Å². The lowest BCUT2D eigenvalue weighted by molar-refractivity contribution is -0.121. The molecule has 0 aromatic heterocycles. The van der Waals surface area contributed by atoms with Gasteiger partial charge in [-0.2, -0.15) is 0 Å². The standard InChI is InChI=1S/C27H43N2O/c1-4-6-7-8-9-10-11-12-13-14-15-16-17-18-19-20-21-22-23-24-27(30)28-25-26-29(3)5-2/h6-7,9-10,12-13,15-16,18-19,21-22H,2,4-5,8,11,14,17,20,23-26H2,1,3H3,(H,28,30)/b7-6-,10-9-,13-12-,16-15-,19-18-,22-21-. The van der Waals surface area contributed by atoms with Gasteiger partial charge in [0.2, 0.25) is 5.91 Å². The molecule has 1 N–H and O–H groups in total. The van der Waals surface area contributed by atoms with Gasteiger partial charge in [-0.1, -0.05) is 79.8 Å². The first-order valence-corrected chi connectivity index (χ1v) is 11.3. The SMILES string of the molecule is [CH2]CN(C)CCNC(=O)CC/C=C\C/C=C\C/C=C\C/C=C\C/C=C\C/C=C\CC. The molecule has 0 saturated carbocycles. The smallest absolute Gasteiger partial charge is 0.220 e. The van der Waals surface area contributed by atoms with Gasteiger partial charge in [0, 0.05) is 19.5 Å². The van der Waals surface area contributed by atoms with E-state index in [1.165, 1.54) is 0 Å². The molecule has 0 aliphatic carbocycles. The molecule has 0 spiro atoms. The second-order valence-electron chi connectivity index (χ2n) is 7.11. The van der Waals surface area contributed by atoms with Gasteiger partial charge in [-0.05, 0) is 65.5 Å². The van der Waals surface area contributed by atoms with Gasteiger partial charge in [0.05, 0.1) is 0 Å². The Morgan fingerprint density at radius 2 is 1.20 bits per heavy atom. The van der Waals surface area contributed by atoms with Crippen molar-refractivity contribution in [3.63, 3.8) is 0 Å². The van der Waals surface area contributed by atoms with E-state index >= 15 is 0 Å². The number of carbonyl (C=O) groups is 1. The molecule has 3 nitrogen and oxygen atoms in total. The molecular formula is C27H43N2O. The Hall–Kier alpha value is -2.13. The fourth-order valence-corrected chi connectivity index (χ4v) is 2.44. The summed E-state index contributed by atoms with van der Waals surface area (Å²) in [5.41, 5.74) is 0. The molecule has 30 heavy (non-hydrogen) atoms. The van der Waals surface area contributed by atoms with Crippen molar-refractivity contribution in [3.05, 3.63) is 79.8 Å². The molecule has 0 aromatic carbocycles. The van der Waals surface area contributed by atoms with Crippen LogP contribution in [-0.4, -0.2) is 37.5 Å². The van der Waals surface area contributed by atoms with E-state index in [9.17, 15) is 4.79 Å².